The Labute approximate surface area is 248 Å². The molecule has 4 rings (SSSR count). The van der Waals surface area contributed by atoms with E-state index >= 15 is 0 Å². The zero-order valence-electron chi connectivity index (χ0n) is 23.8. The molecule has 0 heterocycles. The Morgan fingerprint density at radius 3 is 2.22 bits per heavy atom. The van der Waals surface area contributed by atoms with Gasteiger partial charge in [0, 0.05) is 17.6 Å². The van der Waals surface area contributed by atoms with Crippen LogP contribution in [-0.4, -0.2) is 43.8 Å². The fourth-order valence-corrected chi connectivity index (χ4v) is 6.96. The summed E-state index contributed by atoms with van der Waals surface area (Å²) < 4.78 is 29.0. The number of hydrogen-bond acceptors (Lipinski definition) is 4. The maximum atomic E-state index is 14.1. The normalized spacial score (nSPS) is 14.7. The molecule has 0 radical (unpaired) electrons. The molecule has 1 aliphatic rings. The van der Waals surface area contributed by atoms with Crippen molar-refractivity contribution < 1.29 is 18.0 Å². The molecular formula is C32H38ClN3O4S. The monoisotopic (exact) mass is 595 g/mol. The summed E-state index contributed by atoms with van der Waals surface area (Å²) in [5.41, 5.74) is 2.88. The van der Waals surface area contributed by atoms with E-state index < -0.39 is 28.5 Å². The first-order valence-electron chi connectivity index (χ1n) is 14.0. The number of carbonyl (C=O) groups is 2. The minimum atomic E-state index is -4.10. The van der Waals surface area contributed by atoms with Gasteiger partial charge in [0.05, 0.1) is 10.6 Å². The molecule has 0 aliphatic heterocycles. The molecule has 1 aliphatic carbocycles. The summed E-state index contributed by atoms with van der Waals surface area (Å²) in [6.07, 6.45) is 5.11. The molecule has 7 nitrogen and oxygen atoms in total. The SMILES string of the molecule is Cc1cc(C)cc(N(CC(=O)N(Cc2cccc(Cl)c2)[C@@H](C)C(=O)NC2CCCCC2)S(=O)(=O)c2ccccc2)c1. The van der Waals surface area contributed by atoms with Crippen LogP contribution in [0.4, 0.5) is 5.69 Å². The molecule has 0 aromatic heterocycles. The lowest BCUT2D eigenvalue weighted by Gasteiger charge is -2.33. The van der Waals surface area contributed by atoms with Gasteiger partial charge in [0.25, 0.3) is 10.0 Å². The van der Waals surface area contributed by atoms with Gasteiger partial charge in [-0.3, -0.25) is 13.9 Å². The van der Waals surface area contributed by atoms with Crippen molar-refractivity contribution in [1.29, 1.82) is 0 Å². The maximum Gasteiger partial charge on any atom is 0.264 e. The van der Waals surface area contributed by atoms with Gasteiger partial charge in [0.1, 0.15) is 12.6 Å². The maximum absolute atomic E-state index is 14.1. The number of nitrogens with one attached hydrogen (secondary N) is 1. The minimum absolute atomic E-state index is 0.0760. The van der Waals surface area contributed by atoms with Crippen LogP contribution in [0.2, 0.25) is 5.02 Å². The fourth-order valence-electron chi connectivity index (χ4n) is 5.33. The molecule has 1 atom stereocenters. The Kier molecular flexibility index (Phi) is 10.1. The van der Waals surface area contributed by atoms with Crippen molar-refractivity contribution in [3.05, 3.63) is 94.5 Å². The molecule has 0 unspecified atom stereocenters. The number of benzene rings is 3. The Morgan fingerprint density at radius 2 is 1.59 bits per heavy atom. The lowest BCUT2D eigenvalue weighted by atomic mass is 9.95. The first-order valence-corrected chi connectivity index (χ1v) is 15.9. The van der Waals surface area contributed by atoms with Crippen LogP contribution >= 0.6 is 11.6 Å². The smallest absolute Gasteiger partial charge is 0.264 e. The van der Waals surface area contributed by atoms with E-state index in [4.69, 9.17) is 11.6 Å². The number of sulfonamides is 1. The quantitative estimate of drug-likeness (QED) is 0.311. The lowest BCUT2D eigenvalue weighted by molar-refractivity contribution is -0.139. The van der Waals surface area contributed by atoms with Gasteiger partial charge in [-0.25, -0.2) is 8.42 Å². The Bertz CT molecular complexity index is 1450. The third kappa shape index (κ3) is 7.89. The molecule has 41 heavy (non-hydrogen) atoms. The summed E-state index contributed by atoms with van der Waals surface area (Å²) >= 11 is 6.23. The summed E-state index contributed by atoms with van der Waals surface area (Å²) in [5.74, 6) is -0.744. The third-order valence-electron chi connectivity index (χ3n) is 7.47. The standard InChI is InChI=1S/C32H38ClN3O4S/c1-23-17-24(2)19-29(18-23)36(41(39,40)30-15-8-5-9-16-30)22-31(37)35(21-26-11-10-12-27(33)20-26)25(3)32(38)34-28-13-6-4-7-14-28/h5,8-12,15-20,25,28H,4,6-7,13-14,21-22H2,1-3H3,(H,34,38)/t25-/m0/s1. The average Bonchev–Trinajstić information content (AvgIpc) is 2.94. The van der Waals surface area contributed by atoms with Crippen LogP contribution in [-0.2, 0) is 26.2 Å². The van der Waals surface area contributed by atoms with Gasteiger partial charge in [0.2, 0.25) is 11.8 Å². The van der Waals surface area contributed by atoms with Crippen molar-refractivity contribution in [2.75, 3.05) is 10.8 Å². The van der Waals surface area contributed by atoms with Crippen LogP contribution in [0.25, 0.3) is 0 Å². The van der Waals surface area contributed by atoms with Gasteiger partial charge < -0.3 is 10.2 Å². The molecule has 1 saturated carbocycles. The summed E-state index contributed by atoms with van der Waals surface area (Å²) in [6.45, 7) is 5.09. The second-order valence-electron chi connectivity index (χ2n) is 10.8. The first kappa shape index (κ1) is 30.6. The number of halogens is 1. The Balaban J connectivity index is 1.69. The topological polar surface area (TPSA) is 86.8 Å². The van der Waals surface area contributed by atoms with E-state index in [1.165, 1.54) is 17.0 Å². The van der Waals surface area contributed by atoms with Crippen LogP contribution in [0.3, 0.4) is 0 Å². The van der Waals surface area contributed by atoms with E-state index in [9.17, 15) is 18.0 Å². The van der Waals surface area contributed by atoms with Crippen molar-refractivity contribution in [2.45, 2.75) is 76.4 Å². The molecule has 9 heteroatoms. The van der Waals surface area contributed by atoms with Gasteiger partial charge in [-0.1, -0.05) is 67.3 Å². The number of aryl methyl sites for hydroxylation is 2. The highest BCUT2D eigenvalue weighted by Crippen LogP contribution is 2.27. The first-order chi connectivity index (χ1) is 19.5. The number of amides is 2. The van der Waals surface area contributed by atoms with Crippen LogP contribution < -0.4 is 9.62 Å². The zero-order valence-corrected chi connectivity index (χ0v) is 25.4. The summed E-state index contributed by atoms with van der Waals surface area (Å²) in [7, 11) is -4.10. The van der Waals surface area contributed by atoms with Gasteiger partial charge in [-0.05, 0) is 86.7 Å². The summed E-state index contributed by atoms with van der Waals surface area (Å²) in [6, 6.07) is 19.9. The molecule has 218 valence electrons. The molecule has 0 saturated heterocycles. The second kappa shape index (κ2) is 13.5. The van der Waals surface area contributed by atoms with Crippen LogP contribution in [0.5, 0.6) is 0 Å². The summed E-state index contributed by atoms with van der Waals surface area (Å²) in [5, 5.41) is 3.63. The van der Waals surface area contributed by atoms with E-state index in [0.29, 0.717) is 10.7 Å². The van der Waals surface area contributed by atoms with Crippen molar-refractivity contribution >= 4 is 39.1 Å². The molecule has 0 bridgehead atoms. The third-order valence-corrected chi connectivity index (χ3v) is 9.49. The van der Waals surface area contributed by atoms with Crippen molar-refractivity contribution in [1.82, 2.24) is 10.2 Å². The predicted octanol–water partition coefficient (Wildman–Crippen LogP) is 6.02. The van der Waals surface area contributed by atoms with Gasteiger partial charge in [0.15, 0.2) is 0 Å². The van der Waals surface area contributed by atoms with Crippen LogP contribution in [0, 0.1) is 13.8 Å². The van der Waals surface area contributed by atoms with Gasteiger partial charge in [-0.15, -0.1) is 0 Å². The van der Waals surface area contributed by atoms with Crippen molar-refractivity contribution in [2.24, 2.45) is 0 Å². The fraction of sp³-hybridized carbons (Fsp3) is 0.375. The number of rotatable bonds is 10. The number of carbonyl (C=O) groups excluding carboxylic acids is 2. The molecular weight excluding hydrogens is 558 g/mol. The number of nitrogens with zero attached hydrogens (tertiary/aromatic N) is 2. The second-order valence-corrected chi connectivity index (χ2v) is 13.1. The van der Waals surface area contributed by atoms with Crippen LogP contribution in [0.1, 0.15) is 55.7 Å². The Morgan fingerprint density at radius 1 is 0.927 bits per heavy atom. The lowest BCUT2D eigenvalue weighted by Crippen LogP contribution is -2.53. The molecule has 3 aromatic rings. The molecule has 3 aromatic carbocycles. The molecule has 2 amide bonds. The van der Waals surface area contributed by atoms with Gasteiger partial charge >= 0.3 is 0 Å². The minimum Gasteiger partial charge on any atom is -0.352 e. The van der Waals surface area contributed by atoms with E-state index in [-0.39, 0.29) is 23.4 Å². The predicted molar refractivity (Wildman–Crippen MR) is 163 cm³/mol. The van der Waals surface area contributed by atoms with Crippen LogP contribution in [0.15, 0.2) is 77.7 Å². The number of hydrogen-bond donors (Lipinski definition) is 1. The molecule has 1 N–H and O–H groups in total. The van der Waals surface area contributed by atoms with E-state index in [2.05, 4.69) is 5.32 Å². The highest BCUT2D eigenvalue weighted by molar-refractivity contribution is 7.92. The molecule has 1 fully saturated rings. The largest absolute Gasteiger partial charge is 0.352 e. The average molecular weight is 596 g/mol. The Hall–Kier alpha value is -3.36. The van der Waals surface area contributed by atoms with E-state index in [0.717, 1.165) is 53.1 Å². The highest BCUT2D eigenvalue weighted by Gasteiger charge is 2.33. The van der Waals surface area contributed by atoms with Crippen molar-refractivity contribution in [3.8, 4) is 0 Å². The van der Waals surface area contributed by atoms with Crippen molar-refractivity contribution in [3.63, 3.8) is 0 Å². The van der Waals surface area contributed by atoms with Gasteiger partial charge in [-0.2, -0.15) is 0 Å². The van der Waals surface area contributed by atoms with E-state index in [1.54, 1.807) is 55.5 Å². The zero-order chi connectivity index (χ0) is 29.6. The number of anilines is 1. The highest BCUT2D eigenvalue weighted by atomic mass is 35.5. The van der Waals surface area contributed by atoms with E-state index in [1.807, 2.05) is 26.0 Å². The molecule has 0 spiro atoms. The summed E-state index contributed by atoms with van der Waals surface area (Å²) in [4.78, 5) is 29.0.